The van der Waals surface area contributed by atoms with E-state index < -0.39 is 0 Å². The van der Waals surface area contributed by atoms with Gasteiger partial charge in [-0.05, 0) is 29.8 Å². The molecule has 2 heterocycles. The van der Waals surface area contributed by atoms with Crippen LogP contribution in [0.25, 0.3) is 10.9 Å². The van der Waals surface area contributed by atoms with Crippen molar-refractivity contribution in [2.45, 2.75) is 6.54 Å². The Hall–Kier alpha value is -2.04. The molecule has 1 aromatic carbocycles. The van der Waals surface area contributed by atoms with Crippen LogP contribution in [-0.4, -0.2) is 16.7 Å². The molecule has 2 aromatic heterocycles. The highest BCUT2D eigenvalue weighted by molar-refractivity contribution is 6.32. The number of hydrogen-bond acceptors (Lipinski definition) is 3. The van der Waals surface area contributed by atoms with Crippen molar-refractivity contribution in [1.82, 2.24) is 9.55 Å². The number of aromatic nitrogens is 2. The standard InChI is InChI=1S/C16H12Cl2N2O2/c1-22-14-4-2-10(6-12(14)17)9-20-13-7-15(18)19-8-11(13)3-5-16(20)21/h2-8H,9H2,1H3. The lowest BCUT2D eigenvalue weighted by Crippen LogP contribution is -2.20. The Morgan fingerprint density at radius 3 is 2.73 bits per heavy atom. The van der Waals surface area contributed by atoms with Gasteiger partial charge in [0.1, 0.15) is 10.9 Å². The molecule has 0 amide bonds. The highest BCUT2D eigenvalue weighted by Crippen LogP contribution is 2.25. The second kappa shape index (κ2) is 5.99. The van der Waals surface area contributed by atoms with Crippen molar-refractivity contribution in [2.75, 3.05) is 7.11 Å². The Kier molecular flexibility index (Phi) is 4.05. The van der Waals surface area contributed by atoms with Gasteiger partial charge in [0.05, 0.1) is 24.2 Å². The number of halogens is 2. The molecule has 0 aliphatic carbocycles. The summed E-state index contributed by atoms with van der Waals surface area (Å²) in [6.07, 6.45) is 1.65. The quantitative estimate of drug-likeness (QED) is 0.685. The van der Waals surface area contributed by atoms with Gasteiger partial charge in [0.2, 0.25) is 0 Å². The molecule has 0 N–H and O–H groups in total. The summed E-state index contributed by atoms with van der Waals surface area (Å²) in [6.45, 7) is 0.389. The Balaban J connectivity index is 2.10. The SMILES string of the molecule is COc1ccc(Cn2c(=O)ccc3cnc(Cl)cc32)cc1Cl. The lowest BCUT2D eigenvalue weighted by Gasteiger charge is -2.11. The predicted octanol–water partition coefficient (Wildman–Crippen LogP) is 3.76. The summed E-state index contributed by atoms with van der Waals surface area (Å²) < 4.78 is 6.77. The van der Waals surface area contributed by atoms with Crippen LogP contribution in [0.2, 0.25) is 10.2 Å². The van der Waals surface area contributed by atoms with Gasteiger partial charge in [-0.1, -0.05) is 29.3 Å². The summed E-state index contributed by atoms with van der Waals surface area (Å²) in [7, 11) is 1.56. The van der Waals surface area contributed by atoms with Crippen LogP contribution in [0.15, 0.2) is 47.4 Å². The van der Waals surface area contributed by atoms with Crippen molar-refractivity contribution in [3.63, 3.8) is 0 Å². The molecule has 0 radical (unpaired) electrons. The van der Waals surface area contributed by atoms with E-state index in [4.69, 9.17) is 27.9 Å². The molecular weight excluding hydrogens is 323 g/mol. The van der Waals surface area contributed by atoms with Crippen molar-refractivity contribution in [2.24, 2.45) is 0 Å². The normalized spacial score (nSPS) is 10.9. The van der Waals surface area contributed by atoms with Crippen LogP contribution < -0.4 is 10.3 Å². The number of pyridine rings is 2. The van der Waals surface area contributed by atoms with E-state index in [1.807, 2.05) is 6.07 Å². The third-order valence-corrected chi connectivity index (χ3v) is 3.90. The van der Waals surface area contributed by atoms with Gasteiger partial charge in [0, 0.05) is 17.6 Å². The first-order valence-corrected chi connectivity index (χ1v) is 7.31. The topological polar surface area (TPSA) is 44.1 Å². The maximum Gasteiger partial charge on any atom is 0.251 e. The summed E-state index contributed by atoms with van der Waals surface area (Å²) in [5.41, 5.74) is 1.52. The second-order valence-corrected chi connectivity index (χ2v) is 5.59. The first-order valence-electron chi connectivity index (χ1n) is 6.56. The number of methoxy groups -OCH3 is 1. The number of fused-ring (bicyclic) bond motifs is 1. The molecular formula is C16H12Cl2N2O2. The zero-order chi connectivity index (χ0) is 15.7. The number of rotatable bonds is 3. The summed E-state index contributed by atoms with van der Waals surface area (Å²) in [5.74, 6) is 0.600. The molecule has 0 unspecified atom stereocenters. The van der Waals surface area contributed by atoms with Crippen LogP contribution in [-0.2, 0) is 6.54 Å². The third-order valence-electron chi connectivity index (χ3n) is 3.40. The largest absolute Gasteiger partial charge is 0.495 e. The fourth-order valence-electron chi connectivity index (χ4n) is 2.32. The van der Waals surface area contributed by atoms with Crippen molar-refractivity contribution < 1.29 is 4.74 Å². The summed E-state index contributed by atoms with van der Waals surface area (Å²) >= 11 is 12.1. The second-order valence-electron chi connectivity index (χ2n) is 4.79. The summed E-state index contributed by atoms with van der Waals surface area (Å²) in [4.78, 5) is 16.2. The van der Waals surface area contributed by atoms with Gasteiger partial charge in [-0.2, -0.15) is 0 Å². The maximum atomic E-state index is 12.2. The predicted molar refractivity (Wildman–Crippen MR) is 88.1 cm³/mol. The van der Waals surface area contributed by atoms with E-state index in [-0.39, 0.29) is 5.56 Å². The molecule has 0 saturated heterocycles. The third kappa shape index (κ3) is 2.80. The van der Waals surface area contributed by atoms with Gasteiger partial charge in [-0.3, -0.25) is 4.79 Å². The average Bonchev–Trinajstić information content (AvgIpc) is 2.50. The molecule has 0 atom stereocenters. The van der Waals surface area contributed by atoms with Crippen molar-refractivity contribution in [1.29, 1.82) is 0 Å². The van der Waals surface area contributed by atoms with Gasteiger partial charge in [0.15, 0.2) is 0 Å². The molecule has 3 aromatic rings. The van der Waals surface area contributed by atoms with Crippen LogP contribution in [0.3, 0.4) is 0 Å². The van der Waals surface area contributed by atoms with E-state index >= 15 is 0 Å². The number of hydrogen-bond donors (Lipinski definition) is 0. The Bertz CT molecular complexity index is 906. The minimum atomic E-state index is -0.110. The molecule has 4 nitrogen and oxygen atoms in total. The highest BCUT2D eigenvalue weighted by atomic mass is 35.5. The van der Waals surface area contributed by atoms with Gasteiger partial charge in [-0.15, -0.1) is 0 Å². The lowest BCUT2D eigenvalue weighted by atomic mass is 10.2. The van der Waals surface area contributed by atoms with Crippen LogP contribution >= 0.6 is 23.2 Å². The van der Waals surface area contributed by atoms with Crippen molar-refractivity contribution >= 4 is 34.1 Å². The minimum absolute atomic E-state index is 0.110. The highest BCUT2D eigenvalue weighted by Gasteiger charge is 2.07. The number of nitrogens with zero attached hydrogens (tertiary/aromatic N) is 2. The molecule has 0 bridgehead atoms. The van der Waals surface area contributed by atoms with Gasteiger partial charge >= 0.3 is 0 Å². The summed E-state index contributed by atoms with van der Waals surface area (Å²) in [6, 6.07) is 10.4. The summed E-state index contributed by atoms with van der Waals surface area (Å²) in [5, 5.41) is 1.70. The molecule has 0 fully saturated rings. The van der Waals surface area contributed by atoms with Crippen LogP contribution in [0.1, 0.15) is 5.56 Å². The van der Waals surface area contributed by atoms with E-state index in [2.05, 4.69) is 4.98 Å². The maximum absolute atomic E-state index is 12.2. The molecule has 0 aliphatic heterocycles. The molecule has 3 rings (SSSR count). The van der Waals surface area contributed by atoms with E-state index in [0.29, 0.717) is 22.5 Å². The Morgan fingerprint density at radius 2 is 2.00 bits per heavy atom. The van der Waals surface area contributed by atoms with Crippen molar-refractivity contribution in [3.05, 3.63) is 68.7 Å². The fourth-order valence-corrected chi connectivity index (χ4v) is 2.75. The minimum Gasteiger partial charge on any atom is -0.495 e. The molecule has 0 saturated carbocycles. The average molecular weight is 335 g/mol. The zero-order valence-corrected chi connectivity index (χ0v) is 13.2. The molecule has 112 valence electrons. The van der Waals surface area contributed by atoms with E-state index in [1.165, 1.54) is 6.07 Å². The number of ether oxygens (including phenoxy) is 1. The zero-order valence-electron chi connectivity index (χ0n) is 11.7. The van der Waals surface area contributed by atoms with Crippen LogP contribution in [0.4, 0.5) is 0 Å². The van der Waals surface area contributed by atoms with Crippen LogP contribution in [0, 0.1) is 0 Å². The van der Waals surface area contributed by atoms with E-state index in [9.17, 15) is 4.79 Å². The van der Waals surface area contributed by atoms with Gasteiger partial charge in [-0.25, -0.2) is 4.98 Å². The molecule has 0 aliphatic rings. The molecule has 6 heteroatoms. The smallest absolute Gasteiger partial charge is 0.251 e. The fraction of sp³-hybridized carbons (Fsp3) is 0.125. The first-order chi connectivity index (χ1) is 10.6. The van der Waals surface area contributed by atoms with Crippen molar-refractivity contribution in [3.8, 4) is 5.75 Å². The van der Waals surface area contributed by atoms with E-state index in [1.54, 1.807) is 42.1 Å². The monoisotopic (exact) mass is 334 g/mol. The molecule has 22 heavy (non-hydrogen) atoms. The first kappa shape index (κ1) is 14.9. The van der Waals surface area contributed by atoms with E-state index in [0.717, 1.165) is 16.5 Å². The Morgan fingerprint density at radius 1 is 1.18 bits per heavy atom. The van der Waals surface area contributed by atoms with Gasteiger partial charge < -0.3 is 9.30 Å². The Labute approximate surface area is 136 Å². The number of benzene rings is 1. The van der Waals surface area contributed by atoms with Crippen LogP contribution in [0.5, 0.6) is 5.75 Å². The molecule has 0 spiro atoms. The van der Waals surface area contributed by atoms with Gasteiger partial charge in [0.25, 0.3) is 5.56 Å². The lowest BCUT2D eigenvalue weighted by molar-refractivity contribution is 0.415.